The number of nitrogens with two attached hydrogens (primary N) is 2. The highest BCUT2D eigenvalue weighted by Gasteiger charge is 2.18. The van der Waals surface area contributed by atoms with Crippen LogP contribution < -0.4 is 16.8 Å². The van der Waals surface area contributed by atoms with Crippen molar-refractivity contribution in [3.05, 3.63) is 17.8 Å². The third-order valence-electron chi connectivity index (χ3n) is 2.90. The molecule has 19 heavy (non-hydrogen) atoms. The predicted octanol–water partition coefficient (Wildman–Crippen LogP) is 1.24. The molecule has 0 saturated heterocycles. The van der Waals surface area contributed by atoms with Crippen LogP contribution in [0.2, 0.25) is 0 Å². The van der Waals surface area contributed by atoms with E-state index in [2.05, 4.69) is 24.1 Å². The lowest BCUT2D eigenvalue weighted by atomic mass is 9.90. The van der Waals surface area contributed by atoms with Gasteiger partial charge in [-0.1, -0.05) is 13.8 Å². The van der Waals surface area contributed by atoms with E-state index in [9.17, 15) is 4.79 Å². The quantitative estimate of drug-likeness (QED) is 0.689. The molecule has 0 aliphatic rings. The third-order valence-corrected chi connectivity index (χ3v) is 2.90. The summed E-state index contributed by atoms with van der Waals surface area (Å²) >= 11 is 0. The van der Waals surface area contributed by atoms with Crippen LogP contribution in [0.15, 0.2) is 12.1 Å². The molecule has 1 aromatic heterocycles. The summed E-state index contributed by atoms with van der Waals surface area (Å²) in [5, 5.41) is 3.16. The first-order valence-electron chi connectivity index (χ1n) is 6.15. The highest BCUT2D eigenvalue weighted by Crippen LogP contribution is 2.23. The fourth-order valence-corrected chi connectivity index (χ4v) is 1.54. The van der Waals surface area contributed by atoms with Gasteiger partial charge in [0, 0.05) is 20.3 Å². The Bertz CT molecular complexity index is 446. The number of rotatable bonds is 7. The maximum Gasteiger partial charge on any atom is 0.267 e. The molecule has 1 rings (SSSR count). The van der Waals surface area contributed by atoms with Crippen molar-refractivity contribution >= 4 is 17.4 Å². The zero-order valence-corrected chi connectivity index (χ0v) is 11.7. The molecule has 0 fully saturated rings. The zero-order chi connectivity index (χ0) is 14.5. The number of nitrogens with one attached hydrogen (secondary N) is 1. The number of carbonyl (C=O) groups excluding carboxylic acids is 1. The van der Waals surface area contributed by atoms with E-state index in [0.29, 0.717) is 24.7 Å². The van der Waals surface area contributed by atoms with E-state index in [0.717, 1.165) is 6.42 Å². The first-order valence-corrected chi connectivity index (χ1v) is 6.15. The number of hydrogen-bond acceptors (Lipinski definition) is 5. The molecule has 0 atom stereocenters. The van der Waals surface area contributed by atoms with Crippen LogP contribution in [0.4, 0.5) is 11.5 Å². The third kappa shape index (κ3) is 4.75. The number of carbonyl (C=O) groups is 1. The van der Waals surface area contributed by atoms with E-state index >= 15 is 0 Å². The van der Waals surface area contributed by atoms with Gasteiger partial charge < -0.3 is 21.5 Å². The first-order chi connectivity index (χ1) is 8.85. The molecule has 1 aromatic rings. The minimum Gasteiger partial charge on any atom is -0.396 e. The summed E-state index contributed by atoms with van der Waals surface area (Å²) in [5.74, 6) is -0.0801. The van der Waals surface area contributed by atoms with Crippen LogP contribution in [0.1, 0.15) is 30.8 Å². The Morgan fingerprint density at radius 3 is 2.74 bits per heavy atom. The molecule has 0 aliphatic carbocycles. The summed E-state index contributed by atoms with van der Waals surface area (Å²) in [6.07, 6.45) is 0.909. The molecule has 6 heteroatoms. The van der Waals surface area contributed by atoms with Crippen LogP contribution in [0.3, 0.4) is 0 Å². The van der Waals surface area contributed by atoms with Gasteiger partial charge in [0.1, 0.15) is 11.5 Å². The summed E-state index contributed by atoms with van der Waals surface area (Å²) in [7, 11) is 1.68. The highest BCUT2D eigenvalue weighted by molar-refractivity contribution is 5.91. The van der Waals surface area contributed by atoms with Gasteiger partial charge in [0.15, 0.2) is 0 Å². The van der Waals surface area contributed by atoms with Gasteiger partial charge in [-0.2, -0.15) is 0 Å². The van der Waals surface area contributed by atoms with Crippen LogP contribution in [-0.4, -0.2) is 31.2 Å². The van der Waals surface area contributed by atoms with Gasteiger partial charge in [0.25, 0.3) is 5.91 Å². The van der Waals surface area contributed by atoms with E-state index in [1.54, 1.807) is 13.2 Å². The second-order valence-electron chi connectivity index (χ2n) is 5.26. The van der Waals surface area contributed by atoms with Crippen LogP contribution >= 0.6 is 0 Å². The summed E-state index contributed by atoms with van der Waals surface area (Å²) in [6, 6.07) is 3.14. The number of primary amides is 1. The predicted molar refractivity (Wildman–Crippen MR) is 75.9 cm³/mol. The van der Waals surface area contributed by atoms with Gasteiger partial charge in [-0.25, -0.2) is 4.98 Å². The van der Waals surface area contributed by atoms with Crippen molar-refractivity contribution < 1.29 is 9.53 Å². The van der Waals surface area contributed by atoms with Gasteiger partial charge in [-0.05, 0) is 24.0 Å². The second kappa shape index (κ2) is 6.38. The fraction of sp³-hybridized carbons (Fsp3) is 0.538. The van der Waals surface area contributed by atoms with Crippen molar-refractivity contribution in [3.8, 4) is 0 Å². The molecule has 0 aliphatic heterocycles. The topological polar surface area (TPSA) is 103 Å². The number of hydrogen-bond donors (Lipinski definition) is 3. The largest absolute Gasteiger partial charge is 0.396 e. The number of amides is 1. The maximum absolute atomic E-state index is 11.1. The van der Waals surface area contributed by atoms with Crippen molar-refractivity contribution in [1.29, 1.82) is 0 Å². The van der Waals surface area contributed by atoms with Gasteiger partial charge in [-0.15, -0.1) is 0 Å². The molecule has 6 nitrogen and oxygen atoms in total. The van der Waals surface area contributed by atoms with Crippen molar-refractivity contribution in [2.75, 3.05) is 31.3 Å². The Labute approximate surface area is 113 Å². The second-order valence-corrected chi connectivity index (χ2v) is 5.26. The molecular weight excluding hydrogens is 244 g/mol. The van der Waals surface area contributed by atoms with E-state index in [1.165, 1.54) is 6.07 Å². The smallest absolute Gasteiger partial charge is 0.267 e. The number of aromatic nitrogens is 1. The van der Waals surface area contributed by atoms with Crippen LogP contribution in [0, 0.1) is 5.41 Å². The van der Waals surface area contributed by atoms with Crippen LogP contribution in [0.5, 0.6) is 0 Å². The number of nitrogen functional groups attached to an aromatic ring is 1. The van der Waals surface area contributed by atoms with Gasteiger partial charge in [0.05, 0.1) is 5.69 Å². The molecule has 0 spiro atoms. The number of methoxy groups -OCH3 is 1. The molecule has 1 heterocycles. The van der Waals surface area contributed by atoms with E-state index in [4.69, 9.17) is 16.2 Å². The minimum atomic E-state index is -0.568. The highest BCUT2D eigenvalue weighted by atomic mass is 16.5. The minimum absolute atomic E-state index is 0.0346. The first kappa shape index (κ1) is 15.2. The molecule has 0 aromatic carbocycles. The number of anilines is 2. The summed E-state index contributed by atoms with van der Waals surface area (Å²) in [4.78, 5) is 15.2. The lowest BCUT2D eigenvalue weighted by Crippen LogP contribution is -2.26. The van der Waals surface area contributed by atoms with Crippen molar-refractivity contribution in [3.63, 3.8) is 0 Å². The standard InChI is InChI=1S/C13H22N4O2/c1-13(2,6-7-19-3)8-16-12-9(14)4-5-10(17-12)11(15)18/h4-5H,6-8,14H2,1-3H3,(H2,15,18)(H,16,17). The molecule has 0 saturated carbocycles. The van der Waals surface area contributed by atoms with Crippen LogP contribution in [0.25, 0.3) is 0 Å². The molecule has 106 valence electrons. The van der Waals surface area contributed by atoms with Crippen molar-refractivity contribution in [1.82, 2.24) is 4.98 Å². The molecule has 0 unspecified atom stereocenters. The van der Waals surface area contributed by atoms with E-state index in [1.807, 2.05) is 0 Å². The lowest BCUT2D eigenvalue weighted by Gasteiger charge is -2.25. The van der Waals surface area contributed by atoms with Crippen molar-refractivity contribution in [2.24, 2.45) is 11.1 Å². The number of pyridine rings is 1. The molecule has 0 radical (unpaired) electrons. The molecule has 0 bridgehead atoms. The lowest BCUT2D eigenvalue weighted by molar-refractivity contribution is 0.0996. The fourth-order valence-electron chi connectivity index (χ4n) is 1.54. The van der Waals surface area contributed by atoms with E-state index < -0.39 is 5.91 Å². The Morgan fingerprint density at radius 2 is 2.16 bits per heavy atom. The average Bonchev–Trinajstić information content (AvgIpc) is 2.35. The Morgan fingerprint density at radius 1 is 1.47 bits per heavy atom. The Kier molecular flexibility index (Phi) is 5.11. The van der Waals surface area contributed by atoms with Crippen molar-refractivity contribution in [2.45, 2.75) is 20.3 Å². The maximum atomic E-state index is 11.1. The summed E-state index contributed by atoms with van der Waals surface area (Å²) < 4.78 is 5.07. The SMILES string of the molecule is COCCC(C)(C)CNc1nc(C(N)=O)ccc1N. The summed E-state index contributed by atoms with van der Waals surface area (Å²) in [5.41, 5.74) is 11.7. The Hall–Kier alpha value is -1.82. The number of nitrogens with zero attached hydrogens (tertiary/aromatic N) is 1. The summed E-state index contributed by atoms with van der Waals surface area (Å²) in [6.45, 7) is 5.61. The van der Waals surface area contributed by atoms with Gasteiger partial charge >= 0.3 is 0 Å². The van der Waals surface area contributed by atoms with Gasteiger partial charge in [-0.3, -0.25) is 4.79 Å². The monoisotopic (exact) mass is 266 g/mol. The Balaban J connectivity index is 2.71. The molecule has 1 amide bonds. The number of ether oxygens (including phenoxy) is 1. The molecular formula is C13H22N4O2. The molecule has 5 N–H and O–H groups in total. The van der Waals surface area contributed by atoms with Gasteiger partial charge in [0.2, 0.25) is 0 Å². The normalized spacial score (nSPS) is 11.3. The average molecular weight is 266 g/mol. The zero-order valence-electron chi connectivity index (χ0n) is 11.7. The van der Waals surface area contributed by atoms with Crippen LogP contribution in [-0.2, 0) is 4.74 Å². The van der Waals surface area contributed by atoms with E-state index in [-0.39, 0.29) is 11.1 Å².